The predicted molar refractivity (Wildman–Crippen MR) is 115 cm³/mol. The van der Waals surface area contributed by atoms with Crippen LogP contribution in [0.5, 0.6) is 5.75 Å². The monoisotopic (exact) mass is 419 g/mol. The number of anilines is 1. The van der Waals surface area contributed by atoms with Gasteiger partial charge in [0.1, 0.15) is 5.75 Å². The minimum absolute atomic E-state index is 0.0138. The van der Waals surface area contributed by atoms with Crippen LogP contribution in [0.2, 0.25) is 0 Å². The van der Waals surface area contributed by atoms with E-state index in [1.807, 2.05) is 29.2 Å². The van der Waals surface area contributed by atoms with Gasteiger partial charge in [-0.2, -0.15) is 0 Å². The number of piperidine rings is 1. The van der Waals surface area contributed by atoms with Crippen LogP contribution in [0, 0.1) is 0 Å². The number of carbonyl (C=O) groups is 3. The quantitative estimate of drug-likeness (QED) is 0.713. The van der Waals surface area contributed by atoms with Crippen LogP contribution in [-0.2, 0) is 4.79 Å². The van der Waals surface area contributed by atoms with Gasteiger partial charge in [-0.1, -0.05) is 24.3 Å². The van der Waals surface area contributed by atoms with Gasteiger partial charge in [0.25, 0.3) is 17.7 Å². The number of hydrogen-bond acceptors (Lipinski definition) is 5. The van der Waals surface area contributed by atoms with Crippen LogP contribution in [0.1, 0.15) is 40.0 Å². The number of imide groups is 1. The van der Waals surface area contributed by atoms with E-state index in [1.54, 1.807) is 24.3 Å². The number of amides is 3. The van der Waals surface area contributed by atoms with Crippen molar-refractivity contribution in [3.63, 3.8) is 0 Å². The van der Waals surface area contributed by atoms with Crippen molar-refractivity contribution in [3.05, 3.63) is 59.7 Å². The van der Waals surface area contributed by atoms with Crippen molar-refractivity contribution in [2.45, 2.75) is 25.4 Å². The summed E-state index contributed by atoms with van der Waals surface area (Å²) in [4.78, 5) is 43.7. The first-order valence-electron chi connectivity index (χ1n) is 10.9. The Labute approximate surface area is 181 Å². The van der Waals surface area contributed by atoms with E-state index in [4.69, 9.17) is 4.74 Å². The van der Waals surface area contributed by atoms with Gasteiger partial charge in [-0.25, -0.2) is 0 Å². The summed E-state index contributed by atoms with van der Waals surface area (Å²) < 4.78 is 6.06. The molecule has 2 aromatic carbocycles. The molecule has 3 amide bonds. The number of nitrogens with zero attached hydrogens (tertiary/aromatic N) is 3. The Balaban J connectivity index is 1.33. The second-order valence-corrected chi connectivity index (χ2v) is 8.21. The smallest absolute Gasteiger partial charge is 0.265 e. The topological polar surface area (TPSA) is 70.2 Å². The molecule has 5 rings (SSSR count). The molecule has 0 spiro atoms. The van der Waals surface area contributed by atoms with E-state index in [9.17, 15) is 14.4 Å². The van der Waals surface area contributed by atoms with Gasteiger partial charge in [-0.05, 0) is 43.5 Å². The highest BCUT2D eigenvalue weighted by atomic mass is 16.5. The summed E-state index contributed by atoms with van der Waals surface area (Å²) in [6.45, 7) is 2.64. The highest BCUT2D eigenvalue weighted by molar-refractivity contribution is 6.21. The Bertz CT molecular complexity index is 996. The summed E-state index contributed by atoms with van der Waals surface area (Å²) in [7, 11) is 0. The van der Waals surface area contributed by atoms with Crippen LogP contribution in [0.25, 0.3) is 0 Å². The minimum Gasteiger partial charge on any atom is -0.477 e. The van der Waals surface area contributed by atoms with Gasteiger partial charge < -0.3 is 14.5 Å². The fraction of sp³-hybridized carbons (Fsp3) is 0.375. The van der Waals surface area contributed by atoms with Crippen molar-refractivity contribution in [2.24, 2.45) is 0 Å². The summed E-state index contributed by atoms with van der Waals surface area (Å²) in [5.74, 6) is 0.151. The van der Waals surface area contributed by atoms with E-state index in [1.165, 1.54) is 4.90 Å². The Morgan fingerprint density at radius 3 is 2.23 bits per heavy atom. The van der Waals surface area contributed by atoms with Crippen molar-refractivity contribution in [3.8, 4) is 5.75 Å². The van der Waals surface area contributed by atoms with E-state index in [-0.39, 0.29) is 24.3 Å². The summed E-state index contributed by atoms with van der Waals surface area (Å²) in [6.07, 6.45) is 2.62. The maximum absolute atomic E-state index is 13.1. The molecule has 1 fully saturated rings. The van der Waals surface area contributed by atoms with E-state index < -0.39 is 6.10 Å². The zero-order chi connectivity index (χ0) is 21.4. The summed E-state index contributed by atoms with van der Waals surface area (Å²) in [5.41, 5.74) is 1.78. The standard InChI is InChI=1S/C24H25N3O4/c28-22-17-8-2-3-9-18(17)23(29)27(22)15-14-26-16-21(24(30)25-12-6-1-7-13-25)31-20-11-5-4-10-19(20)26/h2-5,8-11,21H,1,6-7,12-16H2/t21-/m1/s1. The molecular weight excluding hydrogens is 394 g/mol. The molecule has 0 aromatic heterocycles. The molecular formula is C24H25N3O4. The van der Waals surface area contributed by atoms with Crippen molar-refractivity contribution in [1.82, 2.24) is 9.80 Å². The number of rotatable bonds is 4. The molecule has 1 saturated heterocycles. The van der Waals surface area contributed by atoms with Gasteiger partial charge in [-0.15, -0.1) is 0 Å². The number of fused-ring (bicyclic) bond motifs is 2. The van der Waals surface area contributed by atoms with Crippen molar-refractivity contribution >= 4 is 23.4 Å². The molecule has 0 unspecified atom stereocenters. The van der Waals surface area contributed by atoms with E-state index >= 15 is 0 Å². The third-order valence-corrected chi connectivity index (χ3v) is 6.28. The third-order valence-electron chi connectivity index (χ3n) is 6.28. The van der Waals surface area contributed by atoms with Gasteiger partial charge in [0.05, 0.1) is 23.4 Å². The molecule has 0 radical (unpaired) electrons. The fourth-order valence-electron chi connectivity index (χ4n) is 4.63. The summed E-state index contributed by atoms with van der Waals surface area (Å²) in [5, 5.41) is 0. The zero-order valence-electron chi connectivity index (χ0n) is 17.3. The first-order chi connectivity index (χ1) is 15.1. The van der Waals surface area contributed by atoms with Crippen molar-refractivity contribution in [2.75, 3.05) is 37.6 Å². The van der Waals surface area contributed by atoms with Crippen LogP contribution in [0.15, 0.2) is 48.5 Å². The number of ether oxygens (including phenoxy) is 1. The lowest BCUT2D eigenvalue weighted by molar-refractivity contribution is -0.139. The normalized spacial score (nSPS) is 20.4. The molecule has 160 valence electrons. The average Bonchev–Trinajstić information content (AvgIpc) is 3.07. The molecule has 0 saturated carbocycles. The second kappa shape index (κ2) is 8.06. The summed E-state index contributed by atoms with van der Waals surface area (Å²) >= 11 is 0. The van der Waals surface area contributed by atoms with Gasteiger partial charge in [-0.3, -0.25) is 19.3 Å². The van der Waals surface area contributed by atoms with Crippen molar-refractivity contribution in [1.29, 1.82) is 0 Å². The molecule has 3 aliphatic heterocycles. The van der Waals surface area contributed by atoms with Gasteiger partial charge in [0.15, 0.2) is 6.10 Å². The van der Waals surface area contributed by atoms with E-state index in [0.717, 1.165) is 38.0 Å². The maximum Gasteiger partial charge on any atom is 0.265 e. The van der Waals surface area contributed by atoms with E-state index in [0.29, 0.717) is 30.0 Å². The molecule has 3 aliphatic rings. The highest BCUT2D eigenvalue weighted by Gasteiger charge is 2.37. The van der Waals surface area contributed by atoms with Gasteiger partial charge in [0.2, 0.25) is 0 Å². The zero-order valence-corrected chi connectivity index (χ0v) is 17.3. The largest absolute Gasteiger partial charge is 0.477 e. The molecule has 7 heteroatoms. The molecule has 0 N–H and O–H groups in total. The number of hydrogen-bond donors (Lipinski definition) is 0. The highest BCUT2D eigenvalue weighted by Crippen LogP contribution is 2.34. The molecule has 31 heavy (non-hydrogen) atoms. The molecule has 7 nitrogen and oxygen atoms in total. The van der Waals surface area contributed by atoms with Gasteiger partial charge in [0, 0.05) is 26.2 Å². The van der Waals surface area contributed by atoms with Crippen LogP contribution in [-0.4, -0.2) is 66.3 Å². The molecule has 0 aliphatic carbocycles. The average molecular weight is 419 g/mol. The fourth-order valence-corrected chi connectivity index (χ4v) is 4.63. The SMILES string of the molecule is O=C([C@H]1CN(CCN2C(=O)c3ccccc3C2=O)c2ccccc2O1)N1CCCCC1. The Kier molecular flexibility index (Phi) is 5.10. The van der Waals surface area contributed by atoms with Crippen LogP contribution in [0.3, 0.4) is 0 Å². The predicted octanol–water partition coefficient (Wildman–Crippen LogP) is 2.56. The molecule has 1 atom stereocenters. The molecule has 2 aromatic rings. The Hall–Kier alpha value is -3.35. The van der Waals surface area contributed by atoms with Crippen LogP contribution < -0.4 is 9.64 Å². The lowest BCUT2D eigenvalue weighted by Gasteiger charge is -2.38. The van der Waals surface area contributed by atoms with E-state index in [2.05, 4.69) is 4.90 Å². The number of carbonyl (C=O) groups excluding carboxylic acids is 3. The Morgan fingerprint density at radius 1 is 0.871 bits per heavy atom. The second-order valence-electron chi connectivity index (χ2n) is 8.21. The number of benzene rings is 2. The van der Waals surface area contributed by atoms with Crippen LogP contribution in [0.4, 0.5) is 5.69 Å². The first-order valence-corrected chi connectivity index (χ1v) is 10.9. The van der Waals surface area contributed by atoms with Crippen LogP contribution >= 0.6 is 0 Å². The third kappa shape index (κ3) is 3.54. The number of likely N-dealkylation sites (tertiary alicyclic amines) is 1. The van der Waals surface area contributed by atoms with Crippen molar-refractivity contribution < 1.29 is 19.1 Å². The van der Waals surface area contributed by atoms with Gasteiger partial charge >= 0.3 is 0 Å². The molecule has 0 bridgehead atoms. The maximum atomic E-state index is 13.1. The Morgan fingerprint density at radius 2 is 1.52 bits per heavy atom. The molecule has 3 heterocycles. The minimum atomic E-state index is -0.588. The summed E-state index contributed by atoms with van der Waals surface area (Å²) in [6, 6.07) is 14.5. The lowest BCUT2D eigenvalue weighted by atomic mass is 10.1. The number of para-hydroxylation sites is 2. The first kappa shape index (κ1) is 19.6. The lowest BCUT2D eigenvalue weighted by Crippen LogP contribution is -2.52.